The Morgan fingerprint density at radius 3 is 2.60 bits per heavy atom. The summed E-state index contributed by atoms with van der Waals surface area (Å²) in [5.74, 6) is 0.240. The zero-order valence-corrected chi connectivity index (χ0v) is 14.1. The fourth-order valence-electron chi connectivity index (χ4n) is 3.15. The molecule has 3 rings (SSSR count). The molecule has 0 atom stereocenters. The Labute approximate surface area is 144 Å². The molecule has 0 aliphatic heterocycles. The predicted molar refractivity (Wildman–Crippen MR) is 93.2 cm³/mol. The third-order valence-electron chi connectivity index (χ3n) is 4.44. The minimum absolute atomic E-state index is 0.155. The summed E-state index contributed by atoms with van der Waals surface area (Å²) >= 11 is 0. The number of amides is 1. The number of nitrogens with zero attached hydrogens (tertiary/aromatic N) is 2. The summed E-state index contributed by atoms with van der Waals surface area (Å²) in [6.07, 6.45) is 7.08. The van der Waals surface area contributed by atoms with Crippen molar-refractivity contribution in [3.63, 3.8) is 0 Å². The summed E-state index contributed by atoms with van der Waals surface area (Å²) in [7, 11) is 1.50. The van der Waals surface area contributed by atoms with Gasteiger partial charge in [-0.2, -0.15) is 0 Å². The van der Waals surface area contributed by atoms with E-state index >= 15 is 0 Å². The van der Waals surface area contributed by atoms with Crippen molar-refractivity contribution >= 4 is 5.91 Å². The molecule has 1 aromatic carbocycles. The number of methoxy groups -OCH3 is 1. The van der Waals surface area contributed by atoms with Crippen LogP contribution >= 0.6 is 0 Å². The molecule has 0 radical (unpaired) electrons. The molecule has 0 saturated heterocycles. The molecule has 1 aromatic heterocycles. The topological polar surface area (TPSA) is 82.3 Å². The van der Waals surface area contributed by atoms with Crippen molar-refractivity contribution in [2.75, 3.05) is 7.11 Å². The van der Waals surface area contributed by atoms with Gasteiger partial charge in [0.1, 0.15) is 12.3 Å². The molecule has 1 N–H and O–H groups in total. The summed E-state index contributed by atoms with van der Waals surface area (Å²) in [5.41, 5.74) is -0.981. The molecule has 7 nitrogen and oxygen atoms in total. The molecule has 1 aliphatic carbocycles. The van der Waals surface area contributed by atoms with Crippen LogP contribution in [-0.4, -0.2) is 28.2 Å². The van der Waals surface area contributed by atoms with Crippen molar-refractivity contribution in [3.8, 4) is 11.4 Å². The van der Waals surface area contributed by atoms with E-state index in [2.05, 4.69) is 5.32 Å². The lowest BCUT2D eigenvalue weighted by Gasteiger charge is -2.14. The molecule has 1 saturated carbocycles. The van der Waals surface area contributed by atoms with E-state index in [0.717, 1.165) is 30.3 Å². The molecule has 1 heterocycles. The summed E-state index contributed by atoms with van der Waals surface area (Å²) < 4.78 is 7.60. The van der Waals surface area contributed by atoms with E-state index in [0.29, 0.717) is 11.4 Å². The molecule has 0 unspecified atom stereocenters. The van der Waals surface area contributed by atoms with E-state index < -0.39 is 11.1 Å². The van der Waals surface area contributed by atoms with Crippen LogP contribution in [0.3, 0.4) is 0 Å². The van der Waals surface area contributed by atoms with Gasteiger partial charge in [-0.05, 0) is 25.0 Å². The van der Waals surface area contributed by atoms with Gasteiger partial charge in [-0.3, -0.25) is 23.5 Å². The second-order valence-electron chi connectivity index (χ2n) is 6.13. The van der Waals surface area contributed by atoms with E-state index in [-0.39, 0.29) is 18.5 Å². The smallest absolute Gasteiger partial charge is 0.321 e. The highest BCUT2D eigenvalue weighted by Crippen LogP contribution is 2.20. The van der Waals surface area contributed by atoms with Gasteiger partial charge in [-0.1, -0.05) is 25.0 Å². The Hall–Kier alpha value is -2.83. The van der Waals surface area contributed by atoms with Gasteiger partial charge in [0.15, 0.2) is 0 Å². The quantitative estimate of drug-likeness (QED) is 0.823. The van der Waals surface area contributed by atoms with Crippen molar-refractivity contribution in [1.29, 1.82) is 0 Å². The highest BCUT2D eigenvalue weighted by atomic mass is 16.5. The highest BCUT2D eigenvalue weighted by Gasteiger charge is 2.18. The molecule has 7 heteroatoms. The number of para-hydroxylation sites is 2. The van der Waals surface area contributed by atoms with Gasteiger partial charge >= 0.3 is 11.1 Å². The Morgan fingerprint density at radius 2 is 1.88 bits per heavy atom. The third kappa shape index (κ3) is 3.65. The van der Waals surface area contributed by atoms with Gasteiger partial charge in [0.25, 0.3) is 0 Å². The molecular weight excluding hydrogens is 322 g/mol. The molecule has 1 fully saturated rings. The number of rotatable bonds is 5. The number of carbonyl (C=O) groups excluding carboxylic acids is 1. The number of benzene rings is 1. The van der Waals surface area contributed by atoms with Crippen LogP contribution in [0.15, 0.2) is 46.2 Å². The maximum absolute atomic E-state index is 12.4. The predicted octanol–water partition coefficient (Wildman–Crippen LogP) is 1.07. The number of carbonyl (C=O) groups is 1. The standard InChI is InChI=1S/C18H21N3O4/c1-25-15-9-5-4-8-14(15)21-11-10-20(17(23)18(21)24)12-16(22)19-13-6-2-3-7-13/h4-5,8-11,13H,2-3,6-7,12H2,1H3,(H,19,22). The number of hydrogen-bond acceptors (Lipinski definition) is 4. The summed E-state index contributed by atoms with van der Waals surface area (Å²) in [5, 5.41) is 2.91. The molecule has 0 spiro atoms. The van der Waals surface area contributed by atoms with Crippen molar-refractivity contribution in [3.05, 3.63) is 57.4 Å². The Balaban J connectivity index is 1.84. The van der Waals surface area contributed by atoms with Crippen LogP contribution in [0.1, 0.15) is 25.7 Å². The first-order valence-corrected chi connectivity index (χ1v) is 8.35. The normalized spacial score (nSPS) is 14.4. The Bertz CT molecular complexity index is 878. The van der Waals surface area contributed by atoms with Gasteiger partial charge in [0.05, 0.1) is 12.8 Å². The van der Waals surface area contributed by atoms with E-state index in [9.17, 15) is 14.4 Å². The number of aromatic nitrogens is 2. The lowest BCUT2D eigenvalue weighted by Crippen LogP contribution is -2.43. The van der Waals surface area contributed by atoms with E-state index in [4.69, 9.17) is 4.74 Å². The SMILES string of the molecule is COc1ccccc1-n1ccn(CC(=O)NC2CCCC2)c(=O)c1=O. The van der Waals surface area contributed by atoms with E-state index in [1.54, 1.807) is 24.3 Å². The molecule has 132 valence electrons. The first kappa shape index (κ1) is 17.0. The van der Waals surface area contributed by atoms with Gasteiger partial charge < -0.3 is 10.1 Å². The van der Waals surface area contributed by atoms with Crippen molar-refractivity contribution < 1.29 is 9.53 Å². The zero-order chi connectivity index (χ0) is 17.8. The number of hydrogen-bond donors (Lipinski definition) is 1. The zero-order valence-electron chi connectivity index (χ0n) is 14.1. The maximum Gasteiger partial charge on any atom is 0.321 e. The molecule has 0 bridgehead atoms. The van der Waals surface area contributed by atoms with Gasteiger partial charge in [-0.25, -0.2) is 0 Å². The highest BCUT2D eigenvalue weighted by molar-refractivity contribution is 5.76. The van der Waals surface area contributed by atoms with Crippen LogP contribution in [0.2, 0.25) is 0 Å². The summed E-state index contributed by atoms with van der Waals surface area (Å²) in [4.78, 5) is 36.9. The Kier molecular flexibility index (Phi) is 5.02. The molecule has 25 heavy (non-hydrogen) atoms. The number of ether oxygens (including phenoxy) is 1. The number of nitrogens with one attached hydrogen (secondary N) is 1. The van der Waals surface area contributed by atoms with E-state index in [1.165, 1.54) is 24.1 Å². The van der Waals surface area contributed by atoms with Crippen LogP contribution in [0.25, 0.3) is 5.69 Å². The first-order valence-electron chi connectivity index (χ1n) is 8.35. The minimum atomic E-state index is -0.741. The summed E-state index contributed by atoms with van der Waals surface area (Å²) in [6.45, 7) is -0.155. The van der Waals surface area contributed by atoms with Gasteiger partial charge in [0, 0.05) is 18.4 Å². The van der Waals surface area contributed by atoms with Crippen LogP contribution in [-0.2, 0) is 11.3 Å². The fraction of sp³-hybridized carbons (Fsp3) is 0.389. The van der Waals surface area contributed by atoms with Gasteiger partial charge in [0.2, 0.25) is 5.91 Å². The van der Waals surface area contributed by atoms with Crippen LogP contribution in [0, 0.1) is 0 Å². The average molecular weight is 343 g/mol. The van der Waals surface area contributed by atoms with Gasteiger partial charge in [-0.15, -0.1) is 0 Å². The third-order valence-corrected chi connectivity index (χ3v) is 4.44. The maximum atomic E-state index is 12.4. The molecule has 1 amide bonds. The van der Waals surface area contributed by atoms with Crippen molar-refractivity contribution in [2.24, 2.45) is 0 Å². The molecular formula is C18H21N3O4. The average Bonchev–Trinajstić information content (AvgIpc) is 3.12. The molecule has 1 aliphatic rings. The van der Waals surface area contributed by atoms with E-state index in [1.807, 2.05) is 0 Å². The lowest BCUT2D eigenvalue weighted by molar-refractivity contribution is -0.122. The monoisotopic (exact) mass is 343 g/mol. The second-order valence-corrected chi connectivity index (χ2v) is 6.13. The van der Waals surface area contributed by atoms with Crippen LogP contribution in [0.4, 0.5) is 0 Å². The second kappa shape index (κ2) is 7.38. The van der Waals surface area contributed by atoms with Crippen molar-refractivity contribution in [2.45, 2.75) is 38.3 Å². The fourth-order valence-corrected chi connectivity index (χ4v) is 3.15. The molecule has 2 aromatic rings. The lowest BCUT2D eigenvalue weighted by atomic mass is 10.2. The largest absolute Gasteiger partial charge is 0.495 e. The van der Waals surface area contributed by atoms with Crippen molar-refractivity contribution in [1.82, 2.24) is 14.5 Å². The summed E-state index contributed by atoms with van der Waals surface area (Å²) in [6, 6.07) is 7.11. The Morgan fingerprint density at radius 1 is 1.16 bits per heavy atom. The van der Waals surface area contributed by atoms with Crippen LogP contribution < -0.4 is 21.2 Å². The first-order chi connectivity index (χ1) is 12.1. The minimum Gasteiger partial charge on any atom is -0.495 e. The van der Waals surface area contributed by atoms with Crippen LogP contribution in [0.5, 0.6) is 5.75 Å².